The second-order valence-electron chi connectivity index (χ2n) is 8.48. The second kappa shape index (κ2) is 6.52. The normalized spacial score (nSPS) is 31.4. The molecule has 5 rings (SSSR count). The van der Waals surface area contributed by atoms with Crippen molar-refractivity contribution in [2.45, 2.75) is 51.0 Å². The van der Waals surface area contributed by atoms with Gasteiger partial charge in [-0.05, 0) is 12.0 Å². The smallest absolute Gasteiger partial charge is 0.226 e. The maximum Gasteiger partial charge on any atom is 0.226 e. The topological polar surface area (TPSA) is 60.5 Å². The summed E-state index contributed by atoms with van der Waals surface area (Å²) in [6.45, 7) is 7.68. The Morgan fingerprint density at radius 2 is 2.00 bits per heavy atom. The number of methoxy groups -OCH3 is 1. The Hall–Kier alpha value is -1.99. The zero-order valence-electron chi connectivity index (χ0n) is 16.8. The summed E-state index contributed by atoms with van der Waals surface area (Å²) in [6, 6.07) is 4.19. The van der Waals surface area contributed by atoms with Crippen molar-refractivity contribution in [3.05, 3.63) is 17.7 Å². The van der Waals surface area contributed by atoms with Gasteiger partial charge in [-0.3, -0.25) is 9.69 Å². The first kappa shape index (κ1) is 18.1. The van der Waals surface area contributed by atoms with E-state index in [0.29, 0.717) is 38.7 Å². The van der Waals surface area contributed by atoms with Gasteiger partial charge in [-0.1, -0.05) is 13.8 Å². The van der Waals surface area contributed by atoms with E-state index < -0.39 is 5.72 Å². The van der Waals surface area contributed by atoms with Gasteiger partial charge in [-0.15, -0.1) is 0 Å². The number of likely N-dealkylation sites (tertiary alicyclic amines) is 1. The molecular formula is C21H28N2O5. The lowest BCUT2D eigenvalue weighted by Crippen LogP contribution is -2.50. The second-order valence-corrected chi connectivity index (χ2v) is 8.48. The molecule has 3 saturated heterocycles. The molecule has 1 aromatic rings. The molecule has 3 fully saturated rings. The van der Waals surface area contributed by atoms with Gasteiger partial charge >= 0.3 is 0 Å². The van der Waals surface area contributed by atoms with Crippen LogP contribution in [-0.2, 0) is 16.1 Å². The van der Waals surface area contributed by atoms with Crippen LogP contribution in [0.4, 0.5) is 0 Å². The molecule has 1 spiro atoms. The minimum absolute atomic E-state index is 0.0849. The van der Waals surface area contributed by atoms with Crippen LogP contribution in [0.3, 0.4) is 0 Å². The van der Waals surface area contributed by atoms with Gasteiger partial charge in [0.05, 0.1) is 25.8 Å². The lowest BCUT2D eigenvalue weighted by Gasteiger charge is -2.34. The van der Waals surface area contributed by atoms with E-state index in [4.69, 9.17) is 18.9 Å². The fourth-order valence-corrected chi connectivity index (χ4v) is 5.29. The molecule has 1 aromatic carbocycles. The van der Waals surface area contributed by atoms with Crippen LogP contribution < -0.4 is 14.2 Å². The summed E-state index contributed by atoms with van der Waals surface area (Å²) in [6.07, 6.45) is 1.38. The van der Waals surface area contributed by atoms with Gasteiger partial charge in [0.2, 0.25) is 5.91 Å². The molecule has 0 N–H and O–H groups in total. The van der Waals surface area contributed by atoms with Crippen LogP contribution in [0.25, 0.3) is 0 Å². The molecule has 3 atom stereocenters. The highest BCUT2D eigenvalue weighted by atomic mass is 16.6. The Kier molecular flexibility index (Phi) is 4.21. The minimum atomic E-state index is -0.451. The first-order chi connectivity index (χ1) is 13.5. The van der Waals surface area contributed by atoms with Crippen molar-refractivity contribution in [2.24, 2.45) is 5.92 Å². The fourth-order valence-electron chi connectivity index (χ4n) is 5.29. The van der Waals surface area contributed by atoms with E-state index in [2.05, 4.69) is 23.6 Å². The number of benzene rings is 1. The average molecular weight is 388 g/mol. The Balaban J connectivity index is 1.42. The van der Waals surface area contributed by atoms with Crippen LogP contribution in [0.15, 0.2) is 12.1 Å². The molecule has 7 heteroatoms. The molecule has 0 saturated carbocycles. The molecule has 1 amide bonds. The summed E-state index contributed by atoms with van der Waals surface area (Å²) in [5.74, 6) is 2.90. The molecule has 28 heavy (non-hydrogen) atoms. The van der Waals surface area contributed by atoms with Crippen LogP contribution in [-0.4, -0.2) is 67.0 Å². The highest BCUT2D eigenvalue weighted by molar-refractivity contribution is 5.82. The van der Waals surface area contributed by atoms with Crippen LogP contribution in [0.1, 0.15) is 32.3 Å². The molecule has 4 heterocycles. The molecule has 7 nitrogen and oxygen atoms in total. The number of amides is 1. The Bertz CT molecular complexity index is 797. The van der Waals surface area contributed by atoms with Crippen molar-refractivity contribution in [3.8, 4) is 17.2 Å². The zero-order valence-corrected chi connectivity index (χ0v) is 16.8. The van der Waals surface area contributed by atoms with E-state index in [1.165, 1.54) is 0 Å². The molecule has 152 valence electrons. The largest absolute Gasteiger partial charge is 0.496 e. The Labute approximate surface area is 165 Å². The molecular weight excluding hydrogens is 360 g/mol. The van der Waals surface area contributed by atoms with Crippen molar-refractivity contribution in [2.75, 3.05) is 33.5 Å². The van der Waals surface area contributed by atoms with Crippen LogP contribution in [0.2, 0.25) is 0 Å². The number of hydrogen-bond donors (Lipinski definition) is 0. The number of fused-ring (bicyclic) bond motifs is 1. The summed E-state index contributed by atoms with van der Waals surface area (Å²) >= 11 is 0. The van der Waals surface area contributed by atoms with Crippen molar-refractivity contribution in [1.29, 1.82) is 0 Å². The number of nitrogens with zero attached hydrogens (tertiary/aromatic N) is 2. The monoisotopic (exact) mass is 388 g/mol. The van der Waals surface area contributed by atoms with E-state index in [1.807, 2.05) is 12.1 Å². The lowest BCUT2D eigenvalue weighted by molar-refractivity contribution is -0.139. The van der Waals surface area contributed by atoms with Gasteiger partial charge < -0.3 is 23.8 Å². The third-order valence-corrected chi connectivity index (χ3v) is 6.69. The number of ether oxygens (including phenoxy) is 4. The molecule has 0 bridgehead atoms. The van der Waals surface area contributed by atoms with E-state index in [1.54, 1.807) is 7.11 Å². The van der Waals surface area contributed by atoms with Gasteiger partial charge in [0.15, 0.2) is 17.2 Å². The molecule has 0 aromatic heterocycles. The Morgan fingerprint density at radius 1 is 1.25 bits per heavy atom. The molecule has 0 unspecified atom stereocenters. The fraction of sp³-hybridized carbons (Fsp3) is 0.667. The third kappa shape index (κ3) is 2.52. The standard InChI is InChI=1S/C21H28N2O5/c1-13(2)15-12-28-21-4-5-22(19(21)10-20(24)23(15)21)11-14-8-17-18(9-16(14)25-3)27-7-6-26-17/h8-9,13,15,19H,4-7,10-12H2,1-3H3/t15-,19+,21-/m0/s1. The van der Waals surface area contributed by atoms with E-state index in [-0.39, 0.29) is 18.0 Å². The van der Waals surface area contributed by atoms with Gasteiger partial charge in [-0.2, -0.15) is 0 Å². The third-order valence-electron chi connectivity index (χ3n) is 6.69. The zero-order chi connectivity index (χ0) is 19.5. The SMILES string of the molecule is COc1cc2c(cc1CN1CC[C@@]34OC[C@@H](C(C)C)N3C(=O)C[C@@H]14)OCCO2. The Morgan fingerprint density at radius 3 is 2.71 bits per heavy atom. The summed E-state index contributed by atoms with van der Waals surface area (Å²) < 4.78 is 23.4. The van der Waals surface area contributed by atoms with Crippen molar-refractivity contribution in [1.82, 2.24) is 9.80 Å². The van der Waals surface area contributed by atoms with Crippen molar-refractivity contribution >= 4 is 5.91 Å². The quantitative estimate of drug-likeness (QED) is 0.787. The highest BCUT2D eigenvalue weighted by Crippen LogP contribution is 2.49. The predicted octanol–water partition coefficient (Wildman–Crippen LogP) is 2.02. The highest BCUT2D eigenvalue weighted by Gasteiger charge is 2.64. The molecule has 4 aliphatic heterocycles. The van der Waals surface area contributed by atoms with Gasteiger partial charge in [0.1, 0.15) is 19.0 Å². The van der Waals surface area contributed by atoms with Gasteiger partial charge in [0, 0.05) is 37.6 Å². The van der Waals surface area contributed by atoms with Crippen LogP contribution in [0, 0.1) is 5.92 Å². The first-order valence-corrected chi connectivity index (χ1v) is 10.2. The number of hydrogen-bond acceptors (Lipinski definition) is 6. The van der Waals surface area contributed by atoms with Gasteiger partial charge in [0.25, 0.3) is 0 Å². The van der Waals surface area contributed by atoms with Crippen molar-refractivity contribution < 1.29 is 23.7 Å². The van der Waals surface area contributed by atoms with Gasteiger partial charge in [-0.25, -0.2) is 0 Å². The minimum Gasteiger partial charge on any atom is -0.496 e. The predicted molar refractivity (Wildman–Crippen MR) is 102 cm³/mol. The lowest BCUT2D eigenvalue weighted by atomic mass is 10.0. The first-order valence-electron chi connectivity index (χ1n) is 10.2. The number of carbonyl (C=O) groups is 1. The van der Waals surface area contributed by atoms with Crippen LogP contribution >= 0.6 is 0 Å². The summed E-state index contributed by atoms with van der Waals surface area (Å²) in [4.78, 5) is 17.3. The average Bonchev–Trinajstić information content (AvgIpc) is 3.31. The van der Waals surface area contributed by atoms with E-state index >= 15 is 0 Å². The summed E-state index contributed by atoms with van der Waals surface area (Å²) in [7, 11) is 1.68. The molecule has 4 aliphatic rings. The summed E-state index contributed by atoms with van der Waals surface area (Å²) in [5, 5.41) is 0. The van der Waals surface area contributed by atoms with Crippen LogP contribution in [0.5, 0.6) is 17.2 Å². The van der Waals surface area contributed by atoms with E-state index in [9.17, 15) is 4.79 Å². The maximum atomic E-state index is 12.8. The summed E-state index contributed by atoms with van der Waals surface area (Å²) in [5.41, 5.74) is 0.598. The molecule has 0 radical (unpaired) electrons. The molecule has 0 aliphatic carbocycles. The van der Waals surface area contributed by atoms with Crippen molar-refractivity contribution in [3.63, 3.8) is 0 Å². The van der Waals surface area contributed by atoms with E-state index in [0.717, 1.165) is 35.8 Å². The maximum absolute atomic E-state index is 12.8. The number of carbonyl (C=O) groups excluding carboxylic acids is 1. The number of rotatable bonds is 4.